The van der Waals surface area contributed by atoms with Crippen LogP contribution in [0.15, 0.2) is 60.7 Å². The fourth-order valence-electron chi connectivity index (χ4n) is 4.10. The van der Waals surface area contributed by atoms with Crippen molar-refractivity contribution < 1.29 is 24.3 Å². The number of carboxylic acid groups (broad SMARTS) is 1. The number of nitrogens with two attached hydrogens (primary N) is 2. The number of hydrogen-bond donors (Lipinski definition) is 6. The summed E-state index contributed by atoms with van der Waals surface area (Å²) in [6, 6.07) is 14.6. The second kappa shape index (κ2) is 18.0. The van der Waals surface area contributed by atoms with E-state index in [-0.39, 0.29) is 19.3 Å². The normalized spacial score (nSPS) is 13.9. The number of hydrogen-bond acceptors (Lipinski definition) is 7. The van der Waals surface area contributed by atoms with Gasteiger partial charge >= 0.3 is 5.97 Å². The molecule has 0 saturated carbocycles. The van der Waals surface area contributed by atoms with E-state index in [1.807, 2.05) is 66.9 Å². The highest BCUT2D eigenvalue weighted by Gasteiger charge is 2.30. The van der Waals surface area contributed by atoms with Crippen LogP contribution in [0.2, 0.25) is 0 Å². The van der Waals surface area contributed by atoms with Gasteiger partial charge < -0.3 is 32.5 Å². The molecular weight excluding hydrogens is 530 g/mol. The van der Waals surface area contributed by atoms with Gasteiger partial charge in [0.25, 0.3) is 0 Å². The summed E-state index contributed by atoms with van der Waals surface area (Å²) in [5, 5.41) is 17.6. The summed E-state index contributed by atoms with van der Waals surface area (Å²) < 4.78 is 0. The lowest BCUT2D eigenvalue weighted by Crippen LogP contribution is -2.57. The van der Waals surface area contributed by atoms with Crippen molar-refractivity contribution in [3.63, 3.8) is 0 Å². The van der Waals surface area contributed by atoms with Gasteiger partial charge in [-0.25, -0.2) is 4.79 Å². The Bertz CT molecular complexity index is 1070. The van der Waals surface area contributed by atoms with Crippen molar-refractivity contribution in [1.29, 1.82) is 0 Å². The van der Waals surface area contributed by atoms with E-state index >= 15 is 0 Å². The van der Waals surface area contributed by atoms with Crippen molar-refractivity contribution in [3.8, 4) is 0 Å². The largest absolute Gasteiger partial charge is 0.480 e. The van der Waals surface area contributed by atoms with Crippen LogP contribution >= 0.6 is 11.8 Å². The number of amides is 3. The van der Waals surface area contributed by atoms with Crippen molar-refractivity contribution in [2.45, 2.75) is 62.7 Å². The zero-order valence-corrected chi connectivity index (χ0v) is 23.7. The quantitative estimate of drug-likeness (QED) is 0.145. The predicted molar refractivity (Wildman–Crippen MR) is 158 cm³/mol. The van der Waals surface area contributed by atoms with E-state index < -0.39 is 47.9 Å². The van der Waals surface area contributed by atoms with Gasteiger partial charge in [-0.05, 0) is 61.8 Å². The third kappa shape index (κ3) is 11.8. The first-order valence-electron chi connectivity index (χ1n) is 13.4. The zero-order chi connectivity index (χ0) is 29.3. The molecule has 0 radical (unpaired) electrons. The molecule has 0 bridgehead atoms. The standard InChI is InChI=1S/C29H41N5O5S/c1-40-17-15-23(27(36)33-24(29(38)39)14-8-9-16-30)32-28(37)25(19-21-12-6-3-7-13-21)34-26(35)22(31)18-20-10-4-2-5-11-20/h2-7,10-13,22-25H,8-9,14-19,30-31H2,1H3,(H,32,37)(H,33,36)(H,34,35)(H,38,39). The number of aliphatic carboxylic acids is 1. The van der Waals surface area contributed by atoms with Crippen LogP contribution in [0, 0.1) is 0 Å². The van der Waals surface area contributed by atoms with E-state index in [0.717, 1.165) is 11.1 Å². The molecule has 8 N–H and O–H groups in total. The Kier molecular flexibility index (Phi) is 14.8. The molecule has 4 unspecified atom stereocenters. The first kappa shape index (κ1) is 32.8. The summed E-state index contributed by atoms with van der Waals surface area (Å²) >= 11 is 1.50. The number of rotatable bonds is 18. The summed E-state index contributed by atoms with van der Waals surface area (Å²) in [6.07, 6.45) is 4.05. The molecule has 10 nitrogen and oxygen atoms in total. The summed E-state index contributed by atoms with van der Waals surface area (Å²) in [5.41, 5.74) is 13.4. The molecule has 0 spiro atoms. The predicted octanol–water partition coefficient (Wildman–Crippen LogP) is 1.22. The maximum Gasteiger partial charge on any atom is 0.326 e. The Morgan fingerprint density at radius 3 is 1.82 bits per heavy atom. The Labute approximate surface area is 240 Å². The molecule has 11 heteroatoms. The summed E-state index contributed by atoms with van der Waals surface area (Å²) in [7, 11) is 0. The van der Waals surface area contributed by atoms with Gasteiger partial charge in [-0.1, -0.05) is 60.7 Å². The summed E-state index contributed by atoms with van der Waals surface area (Å²) in [5.74, 6) is -2.23. The fraction of sp³-hybridized carbons (Fsp3) is 0.448. The van der Waals surface area contributed by atoms with Gasteiger partial charge in [-0.3, -0.25) is 14.4 Å². The lowest BCUT2D eigenvalue weighted by Gasteiger charge is -2.25. The highest BCUT2D eigenvalue weighted by molar-refractivity contribution is 7.98. The molecule has 0 aliphatic heterocycles. The molecule has 0 aliphatic rings. The molecule has 2 rings (SSSR count). The van der Waals surface area contributed by atoms with E-state index in [0.29, 0.717) is 31.6 Å². The van der Waals surface area contributed by atoms with Gasteiger partial charge in [0, 0.05) is 6.42 Å². The van der Waals surface area contributed by atoms with Crippen LogP contribution in [0.1, 0.15) is 36.8 Å². The van der Waals surface area contributed by atoms with Crippen LogP contribution in [0.25, 0.3) is 0 Å². The minimum Gasteiger partial charge on any atom is -0.480 e. The average molecular weight is 572 g/mol. The molecular formula is C29H41N5O5S. The van der Waals surface area contributed by atoms with E-state index in [1.54, 1.807) is 0 Å². The highest BCUT2D eigenvalue weighted by Crippen LogP contribution is 2.09. The van der Waals surface area contributed by atoms with Crippen molar-refractivity contribution in [2.24, 2.45) is 11.5 Å². The lowest BCUT2D eigenvalue weighted by molar-refractivity contribution is -0.142. The minimum absolute atomic E-state index is 0.185. The molecule has 0 aromatic heterocycles. The molecule has 0 aliphatic carbocycles. The van der Waals surface area contributed by atoms with Crippen LogP contribution in [0.5, 0.6) is 0 Å². The molecule has 0 saturated heterocycles. The number of nitrogens with one attached hydrogen (secondary N) is 3. The second-order valence-electron chi connectivity index (χ2n) is 9.57. The highest BCUT2D eigenvalue weighted by atomic mass is 32.2. The molecule has 4 atom stereocenters. The topological polar surface area (TPSA) is 177 Å². The number of thioether (sulfide) groups is 1. The van der Waals surface area contributed by atoms with Gasteiger partial charge in [0.1, 0.15) is 18.1 Å². The van der Waals surface area contributed by atoms with Crippen LogP contribution in [-0.4, -0.2) is 71.5 Å². The number of carboxylic acids is 1. The van der Waals surface area contributed by atoms with E-state index in [9.17, 15) is 24.3 Å². The number of carbonyl (C=O) groups excluding carboxylic acids is 3. The average Bonchev–Trinajstić information content (AvgIpc) is 2.95. The maximum atomic E-state index is 13.5. The molecule has 40 heavy (non-hydrogen) atoms. The number of unbranched alkanes of at least 4 members (excludes halogenated alkanes) is 1. The summed E-state index contributed by atoms with van der Waals surface area (Å²) in [6.45, 7) is 0.427. The minimum atomic E-state index is -1.15. The molecule has 0 heterocycles. The summed E-state index contributed by atoms with van der Waals surface area (Å²) in [4.78, 5) is 51.3. The van der Waals surface area contributed by atoms with Crippen LogP contribution in [0.4, 0.5) is 0 Å². The SMILES string of the molecule is CSCCC(NC(=O)C(Cc1ccccc1)NC(=O)C(N)Cc1ccccc1)C(=O)NC(CCCCN)C(=O)O. The number of carbonyl (C=O) groups is 4. The Hall–Kier alpha value is -3.41. The van der Waals surface area contributed by atoms with Gasteiger partial charge in [0.15, 0.2) is 0 Å². The lowest BCUT2D eigenvalue weighted by atomic mass is 10.0. The van der Waals surface area contributed by atoms with Crippen molar-refractivity contribution in [1.82, 2.24) is 16.0 Å². The van der Waals surface area contributed by atoms with Crippen LogP contribution in [-0.2, 0) is 32.0 Å². The van der Waals surface area contributed by atoms with Crippen molar-refractivity contribution in [2.75, 3.05) is 18.6 Å². The third-order valence-corrected chi connectivity index (χ3v) is 7.00. The number of benzene rings is 2. The Balaban J connectivity index is 2.17. The van der Waals surface area contributed by atoms with E-state index in [2.05, 4.69) is 16.0 Å². The Morgan fingerprint density at radius 1 is 0.750 bits per heavy atom. The van der Waals surface area contributed by atoms with Crippen LogP contribution in [0.3, 0.4) is 0 Å². The fourth-order valence-corrected chi connectivity index (χ4v) is 4.57. The van der Waals surface area contributed by atoms with E-state index in [1.165, 1.54) is 11.8 Å². The second-order valence-corrected chi connectivity index (χ2v) is 10.6. The van der Waals surface area contributed by atoms with E-state index in [4.69, 9.17) is 11.5 Å². The molecule has 0 fully saturated rings. The van der Waals surface area contributed by atoms with Gasteiger partial charge in [-0.2, -0.15) is 11.8 Å². The smallest absolute Gasteiger partial charge is 0.326 e. The third-order valence-electron chi connectivity index (χ3n) is 6.36. The van der Waals surface area contributed by atoms with Crippen molar-refractivity contribution in [3.05, 3.63) is 71.8 Å². The zero-order valence-electron chi connectivity index (χ0n) is 22.9. The van der Waals surface area contributed by atoms with Gasteiger partial charge in [0.2, 0.25) is 17.7 Å². The maximum absolute atomic E-state index is 13.5. The van der Waals surface area contributed by atoms with Gasteiger partial charge in [0.05, 0.1) is 6.04 Å². The van der Waals surface area contributed by atoms with Crippen LogP contribution < -0.4 is 27.4 Å². The van der Waals surface area contributed by atoms with Gasteiger partial charge in [-0.15, -0.1) is 0 Å². The van der Waals surface area contributed by atoms with Crippen molar-refractivity contribution >= 4 is 35.5 Å². The molecule has 2 aromatic carbocycles. The first-order valence-corrected chi connectivity index (χ1v) is 14.8. The Morgan fingerprint density at radius 2 is 1.27 bits per heavy atom. The first-order chi connectivity index (χ1) is 19.2. The molecule has 218 valence electrons. The molecule has 3 amide bonds. The monoisotopic (exact) mass is 571 g/mol. The molecule has 2 aromatic rings.